The van der Waals surface area contributed by atoms with Crippen molar-refractivity contribution in [2.45, 2.75) is 31.1 Å². The second-order valence-electron chi connectivity index (χ2n) is 6.98. The fourth-order valence-electron chi connectivity index (χ4n) is 3.24. The molecule has 2 aromatic rings. The Morgan fingerprint density at radius 2 is 1.86 bits per heavy atom. The zero-order valence-electron chi connectivity index (χ0n) is 16.4. The topological polar surface area (TPSA) is 75.7 Å². The van der Waals surface area contributed by atoms with Gasteiger partial charge in [-0.3, -0.25) is 4.79 Å². The van der Waals surface area contributed by atoms with Crippen LogP contribution in [0.5, 0.6) is 5.75 Å². The largest absolute Gasteiger partial charge is 0.490 e. The van der Waals surface area contributed by atoms with Gasteiger partial charge in [-0.1, -0.05) is 36.2 Å². The average Bonchev–Trinajstić information content (AvgIpc) is 2.73. The van der Waals surface area contributed by atoms with E-state index in [9.17, 15) is 13.2 Å². The van der Waals surface area contributed by atoms with Crippen molar-refractivity contribution in [3.63, 3.8) is 0 Å². The number of rotatable bonds is 7. The van der Waals surface area contributed by atoms with E-state index in [-0.39, 0.29) is 24.0 Å². The van der Waals surface area contributed by atoms with E-state index in [1.807, 2.05) is 12.1 Å². The lowest BCUT2D eigenvalue weighted by Gasteiger charge is -2.26. The van der Waals surface area contributed by atoms with Gasteiger partial charge in [-0.15, -0.1) is 0 Å². The first-order valence-corrected chi connectivity index (χ1v) is 11.5. The molecule has 156 valence electrons. The van der Waals surface area contributed by atoms with E-state index in [1.165, 1.54) is 10.4 Å². The summed E-state index contributed by atoms with van der Waals surface area (Å²) in [5, 5.41) is 3.28. The zero-order valence-corrected chi connectivity index (χ0v) is 17.9. The van der Waals surface area contributed by atoms with Crippen LogP contribution in [0.1, 0.15) is 35.2 Å². The minimum absolute atomic E-state index is 0.155. The molecule has 1 amide bonds. The molecular weight excluding hydrogens is 412 g/mol. The summed E-state index contributed by atoms with van der Waals surface area (Å²) >= 11 is 6.03. The summed E-state index contributed by atoms with van der Waals surface area (Å²) in [5.74, 6) is 0.218. The van der Waals surface area contributed by atoms with E-state index in [2.05, 4.69) is 5.32 Å². The summed E-state index contributed by atoms with van der Waals surface area (Å²) in [6.45, 7) is 3.35. The van der Waals surface area contributed by atoms with Crippen molar-refractivity contribution >= 4 is 27.5 Å². The van der Waals surface area contributed by atoms with Gasteiger partial charge in [0.05, 0.1) is 16.5 Å². The fraction of sp³-hybridized carbons (Fsp3) is 0.381. The number of nitrogens with one attached hydrogen (secondary N) is 1. The van der Waals surface area contributed by atoms with Crippen LogP contribution in [0, 0.1) is 6.92 Å². The van der Waals surface area contributed by atoms with Crippen molar-refractivity contribution in [2.75, 3.05) is 26.2 Å². The molecule has 29 heavy (non-hydrogen) atoms. The maximum Gasteiger partial charge on any atom is 0.251 e. The highest BCUT2D eigenvalue weighted by molar-refractivity contribution is 7.89. The molecule has 1 aliphatic heterocycles. The molecule has 1 saturated heterocycles. The van der Waals surface area contributed by atoms with Gasteiger partial charge in [0.15, 0.2) is 0 Å². The smallest absolute Gasteiger partial charge is 0.251 e. The van der Waals surface area contributed by atoms with Crippen LogP contribution in [0.3, 0.4) is 0 Å². The molecule has 3 rings (SSSR count). The van der Waals surface area contributed by atoms with Crippen LogP contribution in [-0.2, 0) is 10.0 Å². The third-order valence-electron chi connectivity index (χ3n) is 4.89. The normalized spacial score (nSPS) is 15.1. The van der Waals surface area contributed by atoms with Gasteiger partial charge in [0.25, 0.3) is 5.91 Å². The number of piperidine rings is 1. The molecule has 8 heteroatoms. The molecule has 0 spiro atoms. The lowest BCUT2D eigenvalue weighted by atomic mass is 10.1. The summed E-state index contributed by atoms with van der Waals surface area (Å²) in [5.41, 5.74) is 1.06. The standard InChI is InChI=1S/C21H25ClN2O4S/c1-16-9-10-17(29(26,27)24-12-5-2-6-13-24)15-18(16)21(25)23-11-14-28-20-8-4-3-7-19(20)22/h3-4,7-10,15H,2,5-6,11-14H2,1H3,(H,23,25). The third kappa shape index (κ3) is 5.29. The number of sulfonamides is 1. The van der Waals surface area contributed by atoms with Gasteiger partial charge in [0.2, 0.25) is 10.0 Å². The third-order valence-corrected chi connectivity index (χ3v) is 7.10. The first kappa shape index (κ1) is 21.6. The molecule has 6 nitrogen and oxygen atoms in total. The summed E-state index contributed by atoms with van der Waals surface area (Å²) in [6.07, 6.45) is 2.78. The number of amides is 1. The number of ether oxygens (including phenoxy) is 1. The summed E-state index contributed by atoms with van der Waals surface area (Å²) in [7, 11) is -3.59. The van der Waals surface area contributed by atoms with Crippen molar-refractivity contribution in [3.8, 4) is 5.75 Å². The Kier molecular flexibility index (Phi) is 7.16. The predicted molar refractivity (Wildman–Crippen MR) is 113 cm³/mol. The van der Waals surface area contributed by atoms with Crippen LogP contribution >= 0.6 is 11.6 Å². The number of hydrogen-bond acceptors (Lipinski definition) is 4. The molecule has 0 saturated carbocycles. The number of halogens is 1. The maximum atomic E-state index is 12.9. The summed E-state index contributed by atoms with van der Waals surface area (Å²) in [6, 6.07) is 11.8. The van der Waals surface area contributed by atoms with Crippen molar-refractivity contribution in [2.24, 2.45) is 0 Å². The number of aryl methyl sites for hydroxylation is 1. The Morgan fingerprint density at radius 3 is 2.59 bits per heavy atom. The molecule has 0 aromatic heterocycles. The molecule has 1 aliphatic rings. The highest BCUT2D eigenvalue weighted by Crippen LogP contribution is 2.24. The molecule has 1 N–H and O–H groups in total. The second kappa shape index (κ2) is 9.61. The Bertz CT molecular complexity index is 972. The second-order valence-corrected chi connectivity index (χ2v) is 9.32. The number of para-hydroxylation sites is 1. The molecule has 1 fully saturated rings. The molecule has 0 radical (unpaired) electrons. The van der Waals surface area contributed by atoms with Crippen molar-refractivity contribution < 1.29 is 17.9 Å². The van der Waals surface area contributed by atoms with Crippen molar-refractivity contribution in [1.82, 2.24) is 9.62 Å². The molecule has 0 unspecified atom stereocenters. The van der Waals surface area contributed by atoms with Crippen LogP contribution in [0.15, 0.2) is 47.4 Å². The lowest BCUT2D eigenvalue weighted by Crippen LogP contribution is -2.36. The highest BCUT2D eigenvalue weighted by Gasteiger charge is 2.27. The Morgan fingerprint density at radius 1 is 1.14 bits per heavy atom. The molecule has 0 aliphatic carbocycles. The van der Waals surface area contributed by atoms with Gasteiger partial charge < -0.3 is 10.1 Å². The average molecular weight is 437 g/mol. The number of carbonyl (C=O) groups is 1. The van der Waals surface area contributed by atoms with E-state index in [0.29, 0.717) is 35.0 Å². The first-order valence-electron chi connectivity index (χ1n) is 9.66. The molecular formula is C21H25ClN2O4S. The summed E-state index contributed by atoms with van der Waals surface area (Å²) < 4.78 is 32.8. The molecule has 0 bridgehead atoms. The van der Waals surface area contributed by atoms with Gasteiger partial charge in [-0.05, 0) is 49.6 Å². The van der Waals surface area contributed by atoms with Crippen LogP contribution in [0.4, 0.5) is 0 Å². The quantitative estimate of drug-likeness (QED) is 0.672. The van der Waals surface area contributed by atoms with Gasteiger partial charge in [-0.25, -0.2) is 8.42 Å². The summed E-state index contributed by atoms with van der Waals surface area (Å²) in [4.78, 5) is 12.8. The molecule has 0 atom stereocenters. The minimum Gasteiger partial charge on any atom is -0.490 e. The number of nitrogens with zero attached hydrogens (tertiary/aromatic N) is 1. The van der Waals surface area contributed by atoms with E-state index < -0.39 is 10.0 Å². The van der Waals surface area contributed by atoms with Crippen LogP contribution in [-0.4, -0.2) is 44.9 Å². The van der Waals surface area contributed by atoms with E-state index in [0.717, 1.165) is 19.3 Å². The SMILES string of the molecule is Cc1ccc(S(=O)(=O)N2CCCCC2)cc1C(=O)NCCOc1ccccc1Cl. The molecule has 1 heterocycles. The number of benzene rings is 2. The number of hydrogen-bond donors (Lipinski definition) is 1. The highest BCUT2D eigenvalue weighted by atomic mass is 35.5. The van der Waals surface area contributed by atoms with Gasteiger partial charge in [0, 0.05) is 18.7 Å². The van der Waals surface area contributed by atoms with Crippen molar-refractivity contribution in [1.29, 1.82) is 0 Å². The van der Waals surface area contributed by atoms with E-state index in [1.54, 1.807) is 31.2 Å². The van der Waals surface area contributed by atoms with Crippen LogP contribution < -0.4 is 10.1 Å². The Hall–Kier alpha value is -2.09. The van der Waals surface area contributed by atoms with Crippen LogP contribution in [0.25, 0.3) is 0 Å². The van der Waals surface area contributed by atoms with E-state index >= 15 is 0 Å². The number of carbonyl (C=O) groups excluding carboxylic acids is 1. The molecule has 2 aromatic carbocycles. The zero-order chi connectivity index (χ0) is 20.9. The Balaban J connectivity index is 1.64. The van der Waals surface area contributed by atoms with Gasteiger partial charge in [0.1, 0.15) is 12.4 Å². The van der Waals surface area contributed by atoms with Crippen LogP contribution in [0.2, 0.25) is 5.02 Å². The minimum atomic E-state index is -3.59. The van der Waals surface area contributed by atoms with Crippen molar-refractivity contribution in [3.05, 3.63) is 58.6 Å². The predicted octanol–water partition coefficient (Wildman–Crippen LogP) is 3.63. The monoisotopic (exact) mass is 436 g/mol. The van der Waals surface area contributed by atoms with E-state index in [4.69, 9.17) is 16.3 Å². The van der Waals surface area contributed by atoms with Gasteiger partial charge >= 0.3 is 0 Å². The fourth-order valence-corrected chi connectivity index (χ4v) is 4.98. The first-order chi connectivity index (χ1) is 13.9. The van der Waals surface area contributed by atoms with Gasteiger partial charge in [-0.2, -0.15) is 4.31 Å². The Labute approximate surface area is 176 Å². The lowest BCUT2D eigenvalue weighted by molar-refractivity contribution is 0.0946. The maximum absolute atomic E-state index is 12.9.